The van der Waals surface area contributed by atoms with Gasteiger partial charge in [-0.2, -0.15) is 0 Å². The first kappa shape index (κ1) is 15.2. The third-order valence-corrected chi connectivity index (χ3v) is 5.31. The van der Waals surface area contributed by atoms with Gasteiger partial charge in [0.25, 0.3) is 5.91 Å². The summed E-state index contributed by atoms with van der Waals surface area (Å²) in [5, 5.41) is 0.909. The molecule has 1 saturated heterocycles. The molecule has 0 bridgehead atoms. The van der Waals surface area contributed by atoms with E-state index in [4.69, 9.17) is 5.73 Å². The van der Waals surface area contributed by atoms with E-state index in [2.05, 4.69) is 36.2 Å². The fourth-order valence-electron chi connectivity index (χ4n) is 2.72. The highest BCUT2D eigenvalue weighted by molar-refractivity contribution is 7.17. The summed E-state index contributed by atoms with van der Waals surface area (Å²) in [6, 6.07) is 8.51. The van der Waals surface area contributed by atoms with Crippen LogP contribution in [0.5, 0.6) is 0 Å². The van der Waals surface area contributed by atoms with Crippen molar-refractivity contribution >= 4 is 17.2 Å². The third-order valence-electron chi connectivity index (χ3n) is 4.11. The second kappa shape index (κ2) is 6.18. The van der Waals surface area contributed by atoms with Gasteiger partial charge in [0.1, 0.15) is 9.88 Å². The normalized spacial score (nSPS) is 18.0. The lowest BCUT2D eigenvalue weighted by atomic mass is 10.1. The number of hydrogen-bond acceptors (Lipinski definition) is 4. The number of likely N-dealkylation sites (tertiary alicyclic amines) is 1. The van der Waals surface area contributed by atoms with E-state index in [0.717, 1.165) is 40.5 Å². The molecular formula is C17H21N3OS. The molecule has 2 aromatic rings. The second-order valence-electron chi connectivity index (χ2n) is 5.78. The Balaban J connectivity index is 1.85. The van der Waals surface area contributed by atoms with Crippen molar-refractivity contribution in [2.24, 2.45) is 5.73 Å². The van der Waals surface area contributed by atoms with Crippen LogP contribution in [0.1, 0.15) is 34.3 Å². The standard InChI is InChI=1S/C17H21N3OS/c1-3-12-4-6-13(7-5-12)16-19-11(2)15(22-16)17(21)20-9-8-14(18)10-20/h4-7,14H,3,8-10,18H2,1-2H3. The molecule has 1 aliphatic heterocycles. The number of amides is 1. The summed E-state index contributed by atoms with van der Waals surface area (Å²) in [7, 11) is 0. The summed E-state index contributed by atoms with van der Waals surface area (Å²) in [5.41, 5.74) is 9.08. The lowest BCUT2D eigenvalue weighted by Crippen LogP contribution is -2.31. The average Bonchev–Trinajstić information content (AvgIpc) is 3.13. The van der Waals surface area contributed by atoms with Gasteiger partial charge in [-0.05, 0) is 25.3 Å². The minimum Gasteiger partial charge on any atom is -0.336 e. The van der Waals surface area contributed by atoms with Gasteiger partial charge < -0.3 is 10.6 Å². The van der Waals surface area contributed by atoms with E-state index < -0.39 is 0 Å². The Hall–Kier alpha value is -1.72. The molecule has 0 radical (unpaired) electrons. The van der Waals surface area contributed by atoms with Crippen molar-refractivity contribution < 1.29 is 4.79 Å². The summed E-state index contributed by atoms with van der Waals surface area (Å²) in [6.07, 6.45) is 1.91. The molecule has 0 spiro atoms. The molecule has 22 heavy (non-hydrogen) atoms. The third kappa shape index (κ3) is 2.91. The van der Waals surface area contributed by atoms with Crippen molar-refractivity contribution in [2.75, 3.05) is 13.1 Å². The Labute approximate surface area is 135 Å². The number of nitrogens with zero attached hydrogens (tertiary/aromatic N) is 2. The second-order valence-corrected chi connectivity index (χ2v) is 6.78. The van der Waals surface area contributed by atoms with Crippen molar-refractivity contribution in [2.45, 2.75) is 32.7 Å². The predicted octanol–water partition coefficient (Wildman–Crippen LogP) is 2.85. The minimum absolute atomic E-state index is 0.0689. The minimum atomic E-state index is 0.0689. The average molecular weight is 315 g/mol. The molecule has 5 heteroatoms. The van der Waals surface area contributed by atoms with Crippen molar-refractivity contribution in [1.82, 2.24) is 9.88 Å². The maximum Gasteiger partial charge on any atom is 0.265 e. The van der Waals surface area contributed by atoms with E-state index in [-0.39, 0.29) is 11.9 Å². The van der Waals surface area contributed by atoms with Gasteiger partial charge in [-0.15, -0.1) is 11.3 Å². The zero-order valence-corrected chi connectivity index (χ0v) is 13.8. The number of benzene rings is 1. The van der Waals surface area contributed by atoms with Gasteiger partial charge >= 0.3 is 0 Å². The Bertz CT molecular complexity index is 678. The van der Waals surface area contributed by atoms with E-state index in [1.54, 1.807) is 0 Å². The van der Waals surface area contributed by atoms with Gasteiger partial charge in [0.2, 0.25) is 0 Å². The van der Waals surface area contributed by atoms with Gasteiger partial charge in [-0.3, -0.25) is 4.79 Å². The van der Waals surface area contributed by atoms with E-state index in [9.17, 15) is 4.79 Å². The summed E-state index contributed by atoms with van der Waals surface area (Å²) in [5.74, 6) is 0.0689. The van der Waals surface area contributed by atoms with Gasteiger partial charge in [0.05, 0.1) is 5.69 Å². The van der Waals surface area contributed by atoms with Crippen LogP contribution in [0.4, 0.5) is 0 Å². The SMILES string of the molecule is CCc1ccc(-c2nc(C)c(C(=O)N3CCC(N)C3)s2)cc1. The molecule has 1 aromatic heterocycles. The number of carbonyl (C=O) groups excluding carboxylic acids is 1. The Morgan fingerprint density at radius 2 is 2.14 bits per heavy atom. The maximum absolute atomic E-state index is 12.6. The molecule has 4 nitrogen and oxygen atoms in total. The van der Waals surface area contributed by atoms with Gasteiger partial charge in [0.15, 0.2) is 0 Å². The molecule has 1 unspecified atom stereocenters. The number of rotatable bonds is 3. The van der Waals surface area contributed by atoms with Crippen LogP contribution in [0.25, 0.3) is 10.6 Å². The van der Waals surface area contributed by atoms with Gasteiger partial charge in [0, 0.05) is 24.7 Å². The number of nitrogens with two attached hydrogens (primary N) is 1. The van der Waals surface area contributed by atoms with Crippen LogP contribution in [0.15, 0.2) is 24.3 Å². The maximum atomic E-state index is 12.6. The number of aromatic nitrogens is 1. The predicted molar refractivity (Wildman–Crippen MR) is 90.2 cm³/mol. The van der Waals surface area contributed by atoms with Crippen molar-refractivity contribution in [3.05, 3.63) is 40.4 Å². The molecular weight excluding hydrogens is 294 g/mol. The molecule has 2 N–H and O–H groups in total. The van der Waals surface area contributed by atoms with Crippen molar-refractivity contribution in [3.8, 4) is 10.6 Å². The molecule has 0 aliphatic carbocycles. The van der Waals surface area contributed by atoms with Crippen LogP contribution in [0, 0.1) is 6.92 Å². The highest BCUT2D eigenvalue weighted by atomic mass is 32.1. The van der Waals surface area contributed by atoms with E-state index in [1.807, 2.05) is 11.8 Å². The van der Waals surface area contributed by atoms with Crippen LogP contribution in [-0.4, -0.2) is 34.9 Å². The molecule has 1 aromatic carbocycles. The van der Waals surface area contributed by atoms with Crippen LogP contribution in [0.2, 0.25) is 0 Å². The zero-order valence-electron chi connectivity index (χ0n) is 13.0. The first-order valence-electron chi connectivity index (χ1n) is 7.70. The first-order valence-corrected chi connectivity index (χ1v) is 8.51. The van der Waals surface area contributed by atoms with E-state index >= 15 is 0 Å². The monoisotopic (exact) mass is 315 g/mol. The summed E-state index contributed by atoms with van der Waals surface area (Å²) >= 11 is 1.48. The smallest absolute Gasteiger partial charge is 0.265 e. The highest BCUT2D eigenvalue weighted by Gasteiger charge is 2.27. The molecule has 1 aliphatic rings. The van der Waals surface area contributed by atoms with Crippen LogP contribution < -0.4 is 5.73 Å². The van der Waals surface area contributed by atoms with Crippen LogP contribution in [-0.2, 0) is 6.42 Å². The largest absolute Gasteiger partial charge is 0.336 e. The topological polar surface area (TPSA) is 59.2 Å². The number of aryl methyl sites for hydroxylation is 2. The fourth-order valence-corrected chi connectivity index (χ4v) is 3.76. The van der Waals surface area contributed by atoms with Gasteiger partial charge in [-0.1, -0.05) is 31.2 Å². The lowest BCUT2D eigenvalue weighted by molar-refractivity contribution is 0.0794. The van der Waals surface area contributed by atoms with E-state index in [0.29, 0.717) is 6.54 Å². The summed E-state index contributed by atoms with van der Waals surface area (Å²) in [4.78, 5) is 19.8. The molecule has 1 atom stereocenters. The fraction of sp³-hybridized carbons (Fsp3) is 0.412. The zero-order chi connectivity index (χ0) is 15.7. The van der Waals surface area contributed by atoms with E-state index in [1.165, 1.54) is 16.9 Å². The Kier molecular flexibility index (Phi) is 4.27. The van der Waals surface area contributed by atoms with Crippen molar-refractivity contribution in [3.63, 3.8) is 0 Å². The van der Waals surface area contributed by atoms with Gasteiger partial charge in [-0.25, -0.2) is 4.98 Å². The molecule has 3 rings (SSSR count). The molecule has 2 heterocycles. The lowest BCUT2D eigenvalue weighted by Gasteiger charge is -2.14. The van der Waals surface area contributed by atoms with Crippen molar-refractivity contribution in [1.29, 1.82) is 0 Å². The molecule has 1 amide bonds. The highest BCUT2D eigenvalue weighted by Crippen LogP contribution is 2.29. The van der Waals surface area contributed by atoms with Crippen LogP contribution in [0.3, 0.4) is 0 Å². The quantitative estimate of drug-likeness (QED) is 0.947. The Morgan fingerprint density at radius 3 is 2.73 bits per heavy atom. The number of carbonyl (C=O) groups is 1. The number of hydrogen-bond donors (Lipinski definition) is 1. The summed E-state index contributed by atoms with van der Waals surface area (Å²) < 4.78 is 0. The summed E-state index contributed by atoms with van der Waals surface area (Å²) in [6.45, 7) is 5.44. The first-order chi connectivity index (χ1) is 10.6. The Morgan fingerprint density at radius 1 is 1.41 bits per heavy atom. The molecule has 1 fully saturated rings. The molecule has 116 valence electrons. The number of thiazole rings is 1. The molecule has 0 saturated carbocycles. The van der Waals surface area contributed by atoms with Crippen LogP contribution >= 0.6 is 11.3 Å².